The Bertz CT molecular complexity index is 743. The van der Waals surface area contributed by atoms with Gasteiger partial charge in [-0.05, 0) is 36.6 Å². The molecular formula is C22H28N2O2. The van der Waals surface area contributed by atoms with Crippen LogP contribution in [0.3, 0.4) is 0 Å². The zero-order chi connectivity index (χ0) is 18.4. The third kappa shape index (κ3) is 4.18. The van der Waals surface area contributed by atoms with Gasteiger partial charge in [-0.15, -0.1) is 0 Å². The third-order valence-electron chi connectivity index (χ3n) is 4.50. The second kappa shape index (κ2) is 8.75. The van der Waals surface area contributed by atoms with E-state index in [2.05, 4.69) is 44.2 Å². The van der Waals surface area contributed by atoms with E-state index in [1.807, 2.05) is 30.3 Å². The summed E-state index contributed by atoms with van der Waals surface area (Å²) in [6, 6.07) is 16.8. The molecule has 26 heavy (non-hydrogen) atoms. The van der Waals surface area contributed by atoms with E-state index in [-0.39, 0.29) is 6.04 Å². The summed E-state index contributed by atoms with van der Waals surface area (Å²) >= 11 is 0. The molecule has 0 bridgehead atoms. The minimum absolute atomic E-state index is 0.255. The average Bonchev–Trinajstić information content (AvgIpc) is 3.07. The van der Waals surface area contributed by atoms with Gasteiger partial charge < -0.3 is 9.47 Å². The van der Waals surface area contributed by atoms with Crippen molar-refractivity contribution in [2.45, 2.75) is 39.2 Å². The number of rotatable bonds is 8. The largest absolute Gasteiger partial charge is 0.494 e. The molecule has 0 aromatic heterocycles. The molecule has 1 aliphatic rings. The Morgan fingerprint density at radius 3 is 2.46 bits per heavy atom. The Kier molecular flexibility index (Phi) is 6.16. The van der Waals surface area contributed by atoms with Gasteiger partial charge in [0, 0.05) is 19.0 Å². The Morgan fingerprint density at radius 2 is 1.73 bits per heavy atom. The smallest absolute Gasteiger partial charge is 0.128 e. The van der Waals surface area contributed by atoms with Gasteiger partial charge in [0.1, 0.15) is 11.5 Å². The zero-order valence-electron chi connectivity index (χ0n) is 15.9. The van der Waals surface area contributed by atoms with Crippen molar-refractivity contribution in [3.63, 3.8) is 0 Å². The maximum atomic E-state index is 5.98. The van der Waals surface area contributed by atoms with Gasteiger partial charge in [0.2, 0.25) is 0 Å². The van der Waals surface area contributed by atoms with E-state index in [0.29, 0.717) is 13.2 Å². The van der Waals surface area contributed by atoms with Crippen LogP contribution in [0.25, 0.3) is 0 Å². The number of hydrogen-bond acceptors (Lipinski definition) is 4. The van der Waals surface area contributed by atoms with E-state index in [1.165, 1.54) is 5.56 Å². The minimum atomic E-state index is 0.255. The lowest BCUT2D eigenvalue weighted by Crippen LogP contribution is -2.13. The molecule has 0 N–H and O–H groups in total. The van der Waals surface area contributed by atoms with E-state index in [4.69, 9.17) is 14.6 Å². The molecule has 0 amide bonds. The number of benzene rings is 2. The number of ether oxygens (including phenoxy) is 2. The first-order valence-corrected chi connectivity index (χ1v) is 9.48. The molecule has 2 aromatic carbocycles. The van der Waals surface area contributed by atoms with Crippen molar-refractivity contribution in [1.82, 2.24) is 5.01 Å². The summed E-state index contributed by atoms with van der Waals surface area (Å²) in [6.07, 6.45) is 2.83. The SMILES string of the molecule is CCCOc1ccc(OCCC)c(C2=NN(C)C(c3ccccc3)C2)c1. The molecule has 0 aliphatic carbocycles. The molecule has 0 saturated heterocycles. The van der Waals surface area contributed by atoms with Crippen LogP contribution in [-0.4, -0.2) is 31.0 Å². The predicted molar refractivity (Wildman–Crippen MR) is 106 cm³/mol. The van der Waals surface area contributed by atoms with E-state index in [9.17, 15) is 0 Å². The summed E-state index contributed by atoms with van der Waals surface area (Å²) in [5.41, 5.74) is 3.37. The fraction of sp³-hybridized carbons (Fsp3) is 0.409. The summed E-state index contributed by atoms with van der Waals surface area (Å²) in [6.45, 7) is 5.64. The van der Waals surface area contributed by atoms with Crippen molar-refractivity contribution in [3.8, 4) is 11.5 Å². The summed E-state index contributed by atoms with van der Waals surface area (Å²) in [5.74, 6) is 1.76. The van der Waals surface area contributed by atoms with Crippen LogP contribution in [-0.2, 0) is 0 Å². The van der Waals surface area contributed by atoms with Crippen LogP contribution in [0, 0.1) is 0 Å². The average molecular weight is 352 g/mol. The molecule has 0 saturated carbocycles. The van der Waals surface area contributed by atoms with E-state index >= 15 is 0 Å². The molecule has 1 unspecified atom stereocenters. The quantitative estimate of drug-likeness (QED) is 0.667. The van der Waals surface area contributed by atoms with Gasteiger partial charge in [-0.3, -0.25) is 5.01 Å². The monoisotopic (exact) mass is 352 g/mol. The molecule has 4 nitrogen and oxygen atoms in total. The Morgan fingerprint density at radius 1 is 1.00 bits per heavy atom. The molecule has 0 fully saturated rings. The molecule has 2 aromatic rings. The molecule has 0 spiro atoms. The Hall–Kier alpha value is -2.49. The normalized spacial score (nSPS) is 16.5. The van der Waals surface area contributed by atoms with E-state index in [0.717, 1.165) is 42.0 Å². The van der Waals surface area contributed by atoms with Crippen molar-refractivity contribution < 1.29 is 9.47 Å². The molecule has 138 valence electrons. The van der Waals surface area contributed by atoms with Gasteiger partial charge in [-0.2, -0.15) is 5.10 Å². The highest BCUT2D eigenvalue weighted by molar-refractivity contribution is 6.04. The van der Waals surface area contributed by atoms with Crippen LogP contribution >= 0.6 is 0 Å². The summed E-state index contributed by atoms with van der Waals surface area (Å²) in [7, 11) is 2.04. The number of hydrogen-bond donors (Lipinski definition) is 0. The van der Waals surface area contributed by atoms with Crippen molar-refractivity contribution in [2.24, 2.45) is 5.10 Å². The fourth-order valence-corrected chi connectivity index (χ4v) is 3.17. The number of nitrogens with zero attached hydrogens (tertiary/aromatic N) is 2. The summed E-state index contributed by atoms with van der Waals surface area (Å²) < 4.78 is 11.8. The topological polar surface area (TPSA) is 34.1 Å². The van der Waals surface area contributed by atoms with Gasteiger partial charge in [-0.1, -0.05) is 44.2 Å². The highest BCUT2D eigenvalue weighted by Crippen LogP contribution is 2.35. The summed E-state index contributed by atoms with van der Waals surface area (Å²) in [5, 5.41) is 6.87. The van der Waals surface area contributed by atoms with Crippen LogP contribution in [0.2, 0.25) is 0 Å². The minimum Gasteiger partial charge on any atom is -0.494 e. The standard InChI is InChI=1S/C22H28N2O2/c1-4-13-25-18-11-12-22(26-14-5-2)19(15-18)20-16-21(24(3)23-20)17-9-7-6-8-10-17/h6-12,15,21H,4-5,13-14,16H2,1-3H3. The molecule has 1 aliphatic heterocycles. The first-order chi connectivity index (χ1) is 12.7. The van der Waals surface area contributed by atoms with Crippen LogP contribution in [0.1, 0.15) is 50.3 Å². The predicted octanol–water partition coefficient (Wildman–Crippen LogP) is 5.05. The lowest BCUT2D eigenvalue weighted by Gasteiger charge is -2.18. The highest BCUT2D eigenvalue weighted by atomic mass is 16.5. The third-order valence-corrected chi connectivity index (χ3v) is 4.50. The zero-order valence-corrected chi connectivity index (χ0v) is 15.9. The lowest BCUT2D eigenvalue weighted by atomic mass is 9.98. The summed E-state index contributed by atoms with van der Waals surface area (Å²) in [4.78, 5) is 0. The first kappa shape index (κ1) is 18.3. The maximum Gasteiger partial charge on any atom is 0.128 e. The van der Waals surface area contributed by atoms with Crippen molar-refractivity contribution in [1.29, 1.82) is 0 Å². The second-order valence-corrected chi connectivity index (χ2v) is 6.61. The molecular weight excluding hydrogens is 324 g/mol. The van der Waals surface area contributed by atoms with Crippen LogP contribution < -0.4 is 9.47 Å². The van der Waals surface area contributed by atoms with E-state index < -0.39 is 0 Å². The van der Waals surface area contributed by atoms with E-state index in [1.54, 1.807) is 0 Å². The fourth-order valence-electron chi connectivity index (χ4n) is 3.17. The van der Waals surface area contributed by atoms with Crippen LogP contribution in [0.5, 0.6) is 11.5 Å². The van der Waals surface area contributed by atoms with Gasteiger partial charge in [0.15, 0.2) is 0 Å². The molecule has 3 rings (SSSR count). The van der Waals surface area contributed by atoms with Gasteiger partial charge in [0.05, 0.1) is 25.0 Å². The Balaban J connectivity index is 1.87. The van der Waals surface area contributed by atoms with Crippen molar-refractivity contribution >= 4 is 5.71 Å². The first-order valence-electron chi connectivity index (χ1n) is 9.48. The maximum absolute atomic E-state index is 5.98. The van der Waals surface area contributed by atoms with Crippen molar-refractivity contribution in [3.05, 3.63) is 59.7 Å². The number of hydrazone groups is 1. The van der Waals surface area contributed by atoms with Crippen LogP contribution in [0.15, 0.2) is 53.6 Å². The molecule has 1 heterocycles. The van der Waals surface area contributed by atoms with Crippen molar-refractivity contribution in [2.75, 3.05) is 20.3 Å². The van der Waals surface area contributed by atoms with Crippen LogP contribution in [0.4, 0.5) is 0 Å². The highest BCUT2D eigenvalue weighted by Gasteiger charge is 2.27. The van der Waals surface area contributed by atoms with Gasteiger partial charge >= 0.3 is 0 Å². The molecule has 4 heteroatoms. The second-order valence-electron chi connectivity index (χ2n) is 6.61. The molecule has 1 atom stereocenters. The lowest BCUT2D eigenvalue weighted by molar-refractivity contribution is 0.290. The Labute approximate surface area is 156 Å². The van der Waals surface area contributed by atoms with Gasteiger partial charge in [-0.25, -0.2) is 0 Å². The van der Waals surface area contributed by atoms with Gasteiger partial charge in [0.25, 0.3) is 0 Å². The molecule has 0 radical (unpaired) electrons.